The summed E-state index contributed by atoms with van der Waals surface area (Å²) in [5, 5.41) is 14.8. The Balaban J connectivity index is 0.000000194. The van der Waals surface area contributed by atoms with Crippen LogP contribution in [0.15, 0.2) is 49.1 Å². The van der Waals surface area contributed by atoms with Crippen LogP contribution in [-0.4, -0.2) is 25.9 Å². The van der Waals surface area contributed by atoms with Crippen LogP contribution in [0.3, 0.4) is 0 Å². The minimum Gasteiger partial charge on any atom is -0.382 e. The van der Waals surface area contributed by atoms with Crippen molar-refractivity contribution in [2.45, 2.75) is 6.42 Å². The number of nitrogens with zero attached hydrogens (tertiary/aromatic N) is 2. The van der Waals surface area contributed by atoms with Crippen LogP contribution >= 0.6 is 31.9 Å². The normalized spacial score (nSPS) is 9.81. The van der Waals surface area contributed by atoms with Crippen LogP contribution in [0.2, 0.25) is 0 Å². The number of carbonyl (C=O) groups is 1. The van der Waals surface area contributed by atoms with E-state index in [0.717, 1.165) is 11.3 Å². The van der Waals surface area contributed by atoms with Gasteiger partial charge in [-0.3, -0.25) is 19.5 Å². The van der Waals surface area contributed by atoms with E-state index in [2.05, 4.69) is 52.0 Å². The summed E-state index contributed by atoms with van der Waals surface area (Å²) in [6.45, 7) is 0. The van der Waals surface area contributed by atoms with Gasteiger partial charge in [-0.15, -0.1) is 0 Å². The molecule has 27 heavy (non-hydrogen) atoms. The lowest BCUT2D eigenvalue weighted by molar-refractivity contribution is 0.0997. The number of hydrogen-bond donors (Lipinski definition) is 4. The summed E-state index contributed by atoms with van der Waals surface area (Å²) in [4.78, 5) is 38.0. The van der Waals surface area contributed by atoms with Crippen LogP contribution in [0.4, 0.5) is 5.82 Å². The molecule has 11 heteroatoms. The number of nitrogens with one attached hydrogen (secondary N) is 3. The Labute approximate surface area is 168 Å². The standard InChI is InChI=1S/C8H7BrN4O.C8H5BrN2O2/c9-5-1-4(3-11-8(5)14)6-2-7(10)13-12-6;9-6-3-5(4-11-8(6)13)7(12)1-2-10/h1-3H,(H,11,14)(H3,10,12,13);3-4H,1H2,(H,11,13). The van der Waals surface area contributed by atoms with Crippen molar-refractivity contribution in [3.05, 3.63) is 65.8 Å². The molecule has 3 aromatic heterocycles. The summed E-state index contributed by atoms with van der Waals surface area (Å²) >= 11 is 6.13. The van der Waals surface area contributed by atoms with Crippen LogP contribution in [0.1, 0.15) is 16.8 Å². The van der Waals surface area contributed by atoms with Gasteiger partial charge in [0.25, 0.3) is 11.1 Å². The number of pyridine rings is 2. The molecule has 0 aromatic carbocycles. The van der Waals surface area contributed by atoms with Crippen LogP contribution in [0.25, 0.3) is 11.3 Å². The van der Waals surface area contributed by atoms with Gasteiger partial charge in [-0.1, -0.05) is 0 Å². The topological polar surface area (TPSA) is 161 Å². The Bertz CT molecular complexity index is 1130. The largest absolute Gasteiger partial charge is 0.382 e. The van der Waals surface area contributed by atoms with Crippen molar-refractivity contribution in [1.29, 1.82) is 5.26 Å². The number of H-pyrrole nitrogens is 3. The number of Topliss-reactive ketones (excluding diaryl/α,β-unsaturated/α-hetero) is 1. The van der Waals surface area contributed by atoms with Gasteiger partial charge in [-0.25, -0.2) is 0 Å². The smallest absolute Gasteiger partial charge is 0.262 e. The first-order chi connectivity index (χ1) is 12.8. The molecule has 3 aromatic rings. The molecule has 0 spiro atoms. The zero-order valence-corrected chi connectivity index (χ0v) is 16.7. The van der Waals surface area contributed by atoms with E-state index in [9.17, 15) is 14.4 Å². The molecule has 0 aliphatic carbocycles. The molecule has 0 atom stereocenters. The van der Waals surface area contributed by atoms with Gasteiger partial charge < -0.3 is 15.7 Å². The summed E-state index contributed by atoms with van der Waals surface area (Å²) in [6, 6.07) is 6.54. The molecular weight excluding hydrogens is 484 g/mol. The number of carbonyl (C=O) groups excluding carboxylic acids is 1. The van der Waals surface area contributed by atoms with E-state index in [1.54, 1.807) is 24.4 Å². The number of ketones is 1. The second-order valence-electron chi connectivity index (χ2n) is 5.10. The highest BCUT2D eigenvalue weighted by Crippen LogP contribution is 2.18. The van der Waals surface area contributed by atoms with Crippen molar-refractivity contribution >= 4 is 43.5 Å². The fourth-order valence-electron chi connectivity index (χ4n) is 1.89. The highest BCUT2D eigenvalue weighted by atomic mass is 79.9. The summed E-state index contributed by atoms with van der Waals surface area (Å²) in [5.41, 5.74) is 6.91. The molecule has 0 bridgehead atoms. The molecule has 3 heterocycles. The lowest BCUT2D eigenvalue weighted by Crippen LogP contribution is -2.09. The van der Waals surface area contributed by atoms with Gasteiger partial charge in [0.2, 0.25) is 0 Å². The van der Waals surface area contributed by atoms with Gasteiger partial charge in [0.1, 0.15) is 5.82 Å². The van der Waals surface area contributed by atoms with Gasteiger partial charge in [0.15, 0.2) is 5.78 Å². The Hall–Kier alpha value is -2.97. The van der Waals surface area contributed by atoms with E-state index in [0.29, 0.717) is 15.9 Å². The third-order valence-corrected chi connectivity index (χ3v) is 4.36. The number of aromatic amines is 3. The second-order valence-corrected chi connectivity index (χ2v) is 6.80. The molecule has 0 radical (unpaired) electrons. The van der Waals surface area contributed by atoms with Gasteiger partial charge in [-0.2, -0.15) is 10.4 Å². The van der Waals surface area contributed by atoms with Crippen molar-refractivity contribution in [3.63, 3.8) is 0 Å². The Morgan fingerprint density at radius 3 is 2.26 bits per heavy atom. The third-order valence-electron chi connectivity index (χ3n) is 3.19. The third kappa shape index (κ3) is 5.50. The molecule has 138 valence electrons. The molecule has 5 N–H and O–H groups in total. The molecule has 9 nitrogen and oxygen atoms in total. The molecular formula is C16H12Br2N6O3. The Morgan fingerprint density at radius 1 is 1.11 bits per heavy atom. The van der Waals surface area contributed by atoms with Crippen LogP contribution in [-0.2, 0) is 0 Å². The van der Waals surface area contributed by atoms with E-state index >= 15 is 0 Å². The second kappa shape index (κ2) is 9.11. The maximum absolute atomic E-state index is 11.1. The van der Waals surface area contributed by atoms with E-state index in [1.165, 1.54) is 12.3 Å². The van der Waals surface area contributed by atoms with E-state index in [4.69, 9.17) is 11.0 Å². The number of anilines is 1. The first-order valence-corrected chi connectivity index (χ1v) is 8.88. The number of nitriles is 1. The lowest BCUT2D eigenvalue weighted by atomic mass is 10.1. The highest BCUT2D eigenvalue weighted by molar-refractivity contribution is 9.10. The maximum Gasteiger partial charge on any atom is 0.262 e. The zero-order valence-electron chi connectivity index (χ0n) is 13.5. The van der Waals surface area contributed by atoms with Crippen molar-refractivity contribution in [2.75, 3.05) is 5.73 Å². The highest BCUT2D eigenvalue weighted by Gasteiger charge is 2.06. The average Bonchev–Trinajstić information content (AvgIpc) is 3.07. The summed E-state index contributed by atoms with van der Waals surface area (Å²) < 4.78 is 0.763. The number of aromatic nitrogens is 4. The predicted octanol–water partition coefficient (Wildman–Crippen LogP) is 2.34. The molecule has 0 fully saturated rings. The predicted molar refractivity (Wildman–Crippen MR) is 106 cm³/mol. The van der Waals surface area contributed by atoms with Gasteiger partial charge in [0.05, 0.1) is 27.1 Å². The lowest BCUT2D eigenvalue weighted by Gasteiger charge is -1.96. The van der Waals surface area contributed by atoms with Gasteiger partial charge in [-0.05, 0) is 44.0 Å². The molecule has 0 aliphatic rings. The Kier molecular flexibility index (Phi) is 6.86. The minimum atomic E-state index is -0.306. The van der Waals surface area contributed by atoms with Gasteiger partial charge >= 0.3 is 0 Å². The number of nitrogen functional groups attached to an aromatic ring is 1. The van der Waals surface area contributed by atoms with Crippen LogP contribution in [0.5, 0.6) is 0 Å². The maximum atomic E-state index is 11.1. The molecule has 0 saturated carbocycles. The molecule has 0 amide bonds. The number of nitrogens with two attached hydrogens (primary N) is 1. The van der Waals surface area contributed by atoms with Crippen molar-refractivity contribution in [1.82, 2.24) is 20.2 Å². The molecule has 0 saturated heterocycles. The molecule has 0 aliphatic heterocycles. The first-order valence-electron chi connectivity index (χ1n) is 7.29. The van der Waals surface area contributed by atoms with E-state index < -0.39 is 0 Å². The zero-order chi connectivity index (χ0) is 20.0. The SMILES string of the molecule is N#CCC(=O)c1c[nH]c(=O)c(Br)c1.Nc1cc(-c2c[nH]c(=O)c(Br)c2)[nH]n1. The van der Waals surface area contributed by atoms with Crippen molar-refractivity contribution in [3.8, 4) is 17.3 Å². The van der Waals surface area contributed by atoms with Crippen LogP contribution in [0, 0.1) is 11.3 Å². The number of hydrogen-bond acceptors (Lipinski definition) is 6. The quantitative estimate of drug-likeness (QED) is 0.407. The minimum absolute atomic E-state index is 0.166. The van der Waals surface area contributed by atoms with Crippen molar-refractivity contribution < 1.29 is 4.79 Å². The molecule has 0 unspecified atom stereocenters. The summed E-state index contributed by atoms with van der Waals surface area (Å²) in [5.74, 6) is 0.113. The fourth-order valence-corrected chi connectivity index (χ4v) is 2.61. The average molecular weight is 496 g/mol. The summed E-state index contributed by atoms with van der Waals surface area (Å²) in [6.07, 6.45) is 2.71. The monoisotopic (exact) mass is 494 g/mol. The van der Waals surface area contributed by atoms with Gasteiger partial charge in [0, 0.05) is 29.6 Å². The fraction of sp³-hybridized carbons (Fsp3) is 0.0625. The number of halogens is 2. The molecule has 3 rings (SSSR count). The first kappa shape index (κ1) is 20.3. The van der Waals surface area contributed by atoms with Crippen LogP contribution < -0.4 is 16.9 Å². The number of rotatable bonds is 3. The van der Waals surface area contributed by atoms with Crippen molar-refractivity contribution in [2.24, 2.45) is 0 Å². The summed E-state index contributed by atoms with van der Waals surface area (Å²) in [7, 11) is 0. The van der Waals surface area contributed by atoms with E-state index in [-0.39, 0.29) is 27.8 Å². The van der Waals surface area contributed by atoms with E-state index in [1.807, 2.05) is 0 Å². The Morgan fingerprint density at radius 2 is 1.74 bits per heavy atom.